The molecule has 0 saturated carbocycles. The third kappa shape index (κ3) is 5.69. The van der Waals surface area contributed by atoms with Crippen molar-refractivity contribution in [2.24, 2.45) is 0 Å². The van der Waals surface area contributed by atoms with Crippen LogP contribution in [0.2, 0.25) is 0 Å². The lowest BCUT2D eigenvalue weighted by Crippen LogP contribution is -2.44. The Morgan fingerprint density at radius 1 is 1.19 bits per heavy atom. The number of hydrogen-bond acceptors (Lipinski definition) is 6. The van der Waals surface area contributed by atoms with Crippen LogP contribution in [0.25, 0.3) is 0 Å². The Bertz CT molecular complexity index is 720. The van der Waals surface area contributed by atoms with Gasteiger partial charge in [-0.05, 0) is 19.5 Å². The van der Waals surface area contributed by atoms with Gasteiger partial charge < -0.3 is 19.9 Å². The van der Waals surface area contributed by atoms with Crippen molar-refractivity contribution in [3.63, 3.8) is 0 Å². The summed E-state index contributed by atoms with van der Waals surface area (Å²) in [6.45, 7) is 7.54. The predicted octanol–water partition coefficient (Wildman–Crippen LogP) is 0.404. The topological polar surface area (TPSA) is 89.3 Å². The maximum absolute atomic E-state index is 11.0. The van der Waals surface area contributed by atoms with E-state index >= 15 is 0 Å². The van der Waals surface area contributed by atoms with Crippen molar-refractivity contribution < 1.29 is 4.74 Å². The molecule has 2 aromatic rings. The van der Waals surface area contributed by atoms with Crippen molar-refractivity contribution >= 4 is 0 Å². The lowest BCUT2D eigenvalue weighted by atomic mass is 10.2. The number of nitrogens with one attached hydrogen (secondary N) is 3. The average Bonchev–Trinajstić information content (AvgIpc) is 3.06. The molecule has 0 atom stereocenters. The molecule has 0 aliphatic carbocycles. The van der Waals surface area contributed by atoms with E-state index in [0.29, 0.717) is 18.9 Å². The van der Waals surface area contributed by atoms with Crippen molar-refractivity contribution in [3.05, 3.63) is 46.1 Å². The minimum atomic E-state index is -0.286. The van der Waals surface area contributed by atoms with Crippen LogP contribution in [0.5, 0.6) is 5.75 Å². The predicted molar refractivity (Wildman–Crippen MR) is 100 cm³/mol. The minimum Gasteiger partial charge on any atom is -0.493 e. The Kier molecular flexibility index (Phi) is 6.82. The highest BCUT2D eigenvalue weighted by Crippen LogP contribution is 2.18. The van der Waals surface area contributed by atoms with Gasteiger partial charge in [-0.2, -0.15) is 5.10 Å². The summed E-state index contributed by atoms with van der Waals surface area (Å²) in [5, 5.41) is 9.52. The normalized spacial score (nSPS) is 16.0. The highest BCUT2D eigenvalue weighted by atomic mass is 16.5. The maximum atomic E-state index is 11.0. The highest BCUT2D eigenvalue weighted by molar-refractivity contribution is 5.33. The zero-order valence-corrected chi connectivity index (χ0v) is 15.3. The molecule has 1 aliphatic heterocycles. The molecule has 0 bridgehead atoms. The second-order valence-corrected chi connectivity index (χ2v) is 6.68. The van der Waals surface area contributed by atoms with Crippen molar-refractivity contribution in [3.8, 4) is 5.75 Å². The second kappa shape index (κ2) is 9.51. The van der Waals surface area contributed by atoms with Crippen LogP contribution in [0.1, 0.15) is 17.8 Å². The van der Waals surface area contributed by atoms with Gasteiger partial charge in [-0.1, -0.05) is 18.2 Å². The summed E-state index contributed by atoms with van der Waals surface area (Å²) in [6.07, 6.45) is 1.03. The molecule has 1 fully saturated rings. The number of para-hydroxylation sites is 1. The third-order valence-electron chi connectivity index (χ3n) is 4.60. The summed E-state index contributed by atoms with van der Waals surface area (Å²) in [5.74, 6) is 1.51. The van der Waals surface area contributed by atoms with Gasteiger partial charge in [0.2, 0.25) is 0 Å². The Hall–Kier alpha value is -2.16. The average molecular weight is 360 g/mol. The van der Waals surface area contributed by atoms with Crippen LogP contribution in [0, 0.1) is 0 Å². The van der Waals surface area contributed by atoms with E-state index in [1.54, 1.807) is 0 Å². The van der Waals surface area contributed by atoms with Gasteiger partial charge in [-0.15, -0.1) is 0 Å². The summed E-state index contributed by atoms with van der Waals surface area (Å²) >= 11 is 0. The Balaban J connectivity index is 1.39. The molecule has 2 heterocycles. The molecule has 26 heavy (non-hydrogen) atoms. The van der Waals surface area contributed by atoms with E-state index in [9.17, 15) is 4.79 Å². The van der Waals surface area contributed by atoms with E-state index < -0.39 is 0 Å². The standard InChI is InChI=1S/C18H28N6O2/c1-23-8-10-24(11-9-23)7-4-12-26-16-6-3-2-5-15(16)13-19-14-17-20-18(25)22-21-17/h2-3,5-6,19H,4,7-14H2,1H3,(H2,20,21,22,25). The van der Waals surface area contributed by atoms with Crippen LogP contribution in [-0.4, -0.2) is 71.4 Å². The lowest BCUT2D eigenvalue weighted by molar-refractivity contribution is 0.145. The molecule has 0 spiro atoms. The largest absolute Gasteiger partial charge is 0.493 e. The number of aromatic amines is 2. The number of hydrogen-bond donors (Lipinski definition) is 3. The van der Waals surface area contributed by atoms with E-state index in [0.717, 1.165) is 57.1 Å². The van der Waals surface area contributed by atoms with Crippen LogP contribution in [-0.2, 0) is 13.1 Å². The number of piperazine rings is 1. The summed E-state index contributed by atoms with van der Waals surface area (Å²) in [6, 6.07) is 8.05. The summed E-state index contributed by atoms with van der Waals surface area (Å²) in [5.41, 5.74) is 0.816. The van der Waals surface area contributed by atoms with Crippen LogP contribution in [0.4, 0.5) is 0 Å². The van der Waals surface area contributed by atoms with Gasteiger partial charge in [0.15, 0.2) is 0 Å². The smallest absolute Gasteiger partial charge is 0.340 e. The quantitative estimate of drug-likeness (QED) is 0.561. The summed E-state index contributed by atoms with van der Waals surface area (Å²) < 4.78 is 6.00. The summed E-state index contributed by atoms with van der Waals surface area (Å²) in [7, 11) is 2.18. The monoisotopic (exact) mass is 360 g/mol. The van der Waals surface area contributed by atoms with Crippen molar-refractivity contribution in [2.75, 3.05) is 46.4 Å². The van der Waals surface area contributed by atoms with Crippen molar-refractivity contribution in [1.82, 2.24) is 30.3 Å². The first-order valence-corrected chi connectivity index (χ1v) is 9.16. The molecule has 0 radical (unpaired) electrons. The van der Waals surface area contributed by atoms with E-state index in [2.05, 4.69) is 43.4 Å². The van der Waals surface area contributed by atoms with Gasteiger partial charge in [0.25, 0.3) is 0 Å². The van der Waals surface area contributed by atoms with Gasteiger partial charge in [0, 0.05) is 44.8 Å². The zero-order chi connectivity index (χ0) is 18.2. The van der Waals surface area contributed by atoms with Crippen LogP contribution in [0.3, 0.4) is 0 Å². The number of likely N-dealkylation sites (N-methyl/N-ethyl adjacent to an activating group) is 1. The van der Waals surface area contributed by atoms with Crippen LogP contribution < -0.4 is 15.7 Å². The maximum Gasteiger partial charge on any atom is 0.340 e. The highest BCUT2D eigenvalue weighted by Gasteiger charge is 2.13. The van der Waals surface area contributed by atoms with Crippen molar-refractivity contribution in [1.29, 1.82) is 0 Å². The lowest BCUT2D eigenvalue weighted by Gasteiger charge is -2.32. The van der Waals surface area contributed by atoms with Crippen LogP contribution in [0.15, 0.2) is 29.1 Å². The SMILES string of the molecule is CN1CCN(CCCOc2ccccc2CNCc2n[nH]c(=O)[nH]2)CC1. The Labute approximate surface area is 153 Å². The number of benzene rings is 1. The number of aromatic nitrogens is 3. The fraction of sp³-hybridized carbons (Fsp3) is 0.556. The molecule has 1 aromatic heterocycles. The van der Waals surface area contributed by atoms with E-state index in [1.807, 2.05) is 18.2 Å². The molecule has 3 rings (SSSR count). The van der Waals surface area contributed by atoms with E-state index in [1.165, 1.54) is 0 Å². The fourth-order valence-electron chi connectivity index (χ4n) is 3.04. The second-order valence-electron chi connectivity index (χ2n) is 6.68. The van der Waals surface area contributed by atoms with E-state index in [4.69, 9.17) is 4.74 Å². The molecule has 1 saturated heterocycles. The Morgan fingerprint density at radius 3 is 2.77 bits per heavy atom. The molecule has 8 nitrogen and oxygen atoms in total. The number of H-pyrrole nitrogens is 2. The first-order valence-electron chi connectivity index (χ1n) is 9.16. The van der Waals surface area contributed by atoms with Gasteiger partial charge in [-0.3, -0.25) is 4.98 Å². The molecule has 8 heteroatoms. The molecule has 1 aromatic carbocycles. The first kappa shape index (κ1) is 18.6. The molecule has 3 N–H and O–H groups in total. The molecule has 142 valence electrons. The number of nitrogens with zero attached hydrogens (tertiary/aromatic N) is 3. The zero-order valence-electron chi connectivity index (χ0n) is 15.3. The molecule has 0 unspecified atom stereocenters. The third-order valence-corrected chi connectivity index (χ3v) is 4.60. The fourth-order valence-corrected chi connectivity index (χ4v) is 3.04. The molecular weight excluding hydrogens is 332 g/mol. The Morgan fingerprint density at radius 2 is 2.00 bits per heavy atom. The summed E-state index contributed by atoms with van der Waals surface area (Å²) in [4.78, 5) is 18.5. The first-order chi connectivity index (χ1) is 12.7. The van der Waals surface area contributed by atoms with Crippen LogP contribution >= 0.6 is 0 Å². The molecule has 1 aliphatic rings. The van der Waals surface area contributed by atoms with Gasteiger partial charge in [0.1, 0.15) is 11.6 Å². The van der Waals surface area contributed by atoms with E-state index in [-0.39, 0.29) is 5.69 Å². The number of rotatable bonds is 9. The minimum absolute atomic E-state index is 0.286. The van der Waals surface area contributed by atoms with Gasteiger partial charge >= 0.3 is 5.69 Å². The molecular formula is C18H28N6O2. The van der Waals surface area contributed by atoms with Gasteiger partial charge in [-0.25, -0.2) is 9.89 Å². The van der Waals surface area contributed by atoms with Crippen molar-refractivity contribution in [2.45, 2.75) is 19.5 Å². The molecule has 0 amide bonds. The number of ether oxygens (including phenoxy) is 1. The van der Waals surface area contributed by atoms with Gasteiger partial charge in [0.05, 0.1) is 13.2 Å².